The second-order valence-corrected chi connectivity index (χ2v) is 9.85. The van der Waals surface area contributed by atoms with E-state index in [1.54, 1.807) is 0 Å². The Hall–Kier alpha value is -2.31. The summed E-state index contributed by atoms with van der Waals surface area (Å²) in [5.74, 6) is -0.139. The Labute approximate surface area is 214 Å². The van der Waals surface area contributed by atoms with Gasteiger partial charge in [-0.3, -0.25) is 4.79 Å². The van der Waals surface area contributed by atoms with Crippen LogP contribution in [0.25, 0.3) is 0 Å². The van der Waals surface area contributed by atoms with Gasteiger partial charge in [0.15, 0.2) is 6.10 Å². The molecule has 0 aliphatic carbocycles. The molecule has 2 unspecified atom stereocenters. The molecule has 0 saturated heterocycles. The number of hydrogen-bond acceptors (Lipinski definition) is 6. The standard InChI is InChI=1S/C29H40O5S/c1-32-26(30)21-22-35-28(27(33-2)29(31)34-3)25-20-14-13-19-24(25)18-12-7-5-4-6-9-15-23-16-10-8-11-17-23/h8,10-11,13-14,16-17,19-20,27-28H,4-7,9,12,15,18,21-22H2,1-3H3. The predicted molar refractivity (Wildman–Crippen MR) is 143 cm³/mol. The Kier molecular flexibility index (Phi) is 14.2. The fraction of sp³-hybridized carbons (Fsp3) is 0.517. The largest absolute Gasteiger partial charge is 0.469 e. The number of ether oxygens (including phenoxy) is 3. The van der Waals surface area contributed by atoms with E-state index in [-0.39, 0.29) is 17.6 Å². The number of hydrogen-bond donors (Lipinski definition) is 0. The molecule has 0 saturated carbocycles. The molecule has 5 nitrogen and oxygen atoms in total. The van der Waals surface area contributed by atoms with Gasteiger partial charge in [-0.25, -0.2) is 4.79 Å². The zero-order chi connectivity index (χ0) is 25.3. The maximum absolute atomic E-state index is 12.4. The van der Waals surface area contributed by atoms with Crippen molar-refractivity contribution in [2.45, 2.75) is 69.1 Å². The number of carbonyl (C=O) groups is 2. The minimum absolute atomic E-state index is 0.258. The third-order valence-electron chi connectivity index (χ3n) is 6.16. The van der Waals surface area contributed by atoms with E-state index in [4.69, 9.17) is 14.2 Å². The lowest BCUT2D eigenvalue weighted by Crippen LogP contribution is -2.30. The maximum atomic E-state index is 12.4. The van der Waals surface area contributed by atoms with Gasteiger partial charge in [0.05, 0.1) is 25.9 Å². The van der Waals surface area contributed by atoms with Gasteiger partial charge in [0.2, 0.25) is 0 Å². The van der Waals surface area contributed by atoms with Crippen LogP contribution in [-0.2, 0) is 36.6 Å². The molecule has 0 amide bonds. The monoisotopic (exact) mass is 500 g/mol. The lowest BCUT2D eigenvalue weighted by atomic mass is 9.96. The van der Waals surface area contributed by atoms with Gasteiger partial charge in [0, 0.05) is 12.9 Å². The zero-order valence-corrected chi connectivity index (χ0v) is 22.2. The number of rotatable bonds is 17. The highest BCUT2D eigenvalue weighted by molar-refractivity contribution is 7.99. The fourth-order valence-corrected chi connectivity index (χ4v) is 5.55. The van der Waals surface area contributed by atoms with Crippen LogP contribution < -0.4 is 0 Å². The molecule has 0 aromatic heterocycles. The van der Waals surface area contributed by atoms with E-state index in [1.165, 1.54) is 76.3 Å². The number of esters is 2. The van der Waals surface area contributed by atoms with E-state index >= 15 is 0 Å². The van der Waals surface area contributed by atoms with E-state index in [9.17, 15) is 9.59 Å². The lowest BCUT2D eigenvalue weighted by molar-refractivity contribution is -0.152. The molecule has 0 bridgehead atoms. The highest BCUT2D eigenvalue weighted by Crippen LogP contribution is 2.37. The molecule has 6 heteroatoms. The first kappa shape index (κ1) is 28.9. The number of thioether (sulfide) groups is 1. The number of methoxy groups -OCH3 is 3. The summed E-state index contributed by atoms with van der Waals surface area (Å²) in [7, 11) is 4.28. The summed E-state index contributed by atoms with van der Waals surface area (Å²) in [6, 6.07) is 18.9. The van der Waals surface area contributed by atoms with Crippen molar-refractivity contribution in [1.82, 2.24) is 0 Å². The van der Waals surface area contributed by atoms with Gasteiger partial charge in [0.1, 0.15) is 0 Å². The second kappa shape index (κ2) is 17.2. The SMILES string of the molecule is COC(=O)CCSC(c1ccccc1CCCCCCCCc1ccccc1)C(OC)C(=O)OC. The molecular formula is C29H40O5S. The van der Waals surface area contributed by atoms with Gasteiger partial charge in [-0.1, -0.05) is 80.3 Å². The molecule has 0 heterocycles. The second-order valence-electron chi connectivity index (χ2n) is 8.60. The lowest BCUT2D eigenvalue weighted by Gasteiger charge is -2.26. The summed E-state index contributed by atoms with van der Waals surface area (Å²) in [6.45, 7) is 0. The predicted octanol–water partition coefficient (Wildman–Crippen LogP) is 6.34. The Balaban J connectivity index is 1.89. The Morgan fingerprint density at radius 3 is 2.06 bits per heavy atom. The van der Waals surface area contributed by atoms with Crippen LogP contribution in [0.4, 0.5) is 0 Å². The molecule has 0 radical (unpaired) electrons. The molecule has 192 valence electrons. The van der Waals surface area contributed by atoms with Crippen molar-refractivity contribution < 1.29 is 23.8 Å². The topological polar surface area (TPSA) is 61.8 Å². The third kappa shape index (κ3) is 10.5. The molecule has 0 spiro atoms. The molecule has 35 heavy (non-hydrogen) atoms. The minimum atomic E-state index is -0.742. The van der Waals surface area contributed by atoms with Crippen LogP contribution in [0.2, 0.25) is 0 Å². The van der Waals surface area contributed by atoms with Crippen LogP contribution in [0.3, 0.4) is 0 Å². The molecule has 2 rings (SSSR count). The Morgan fingerprint density at radius 1 is 0.771 bits per heavy atom. The average Bonchev–Trinajstić information content (AvgIpc) is 2.90. The van der Waals surface area contributed by atoms with Gasteiger partial charge in [-0.15, -0.1) is 11.8 Å². The van der Waals surface area contributed by atoms with Crippen molar-refractivity contribution in [1.29, 1.82) is 0 Å². The highest BCUT2D eigenvalue weighted by Gasteiger charge is 2.32. The average molecular weight is 501 g/mol. The molecule has 0 N–H and O–H groups in total. The van der Waals surface area contributed by atoms with Crippen molar-refractivity contribution in [3.8, 4) is 0 Å². The van der Waals surface area contributed by atoms with Crippen molar-refractivity contribution in [2.75, 3.05) is 27.1 Å². The van der Waals surface area contributed by atoms with E-state index in [0.717, 1.165) is 24.8 Å². The van der Waals surface area contributed by atoms with Crippen LogP contribution in [0.1, 0.15) is 66.9 Å². The van der Waals surface area contributed by atoms with Gasteiger partial charge < -0.3 is 14.2 Å². The van der Waals surface area contributed by atoms with Gasteiger partial charge in [-0.05, 0) is 42.4 Å². The van der Waals surface area contributed by atoms with E-state index in [0.29, 0.717) is 5.75 Å². The van der Waals surface area contributed by atoms with Crippen molar-refractivity contribution in [3.63, 3.8) is 0 Å². The first-order valence-electron chi connectivity index (χ1n) is 12.5. The Morgan fingerprint density at radius 2 is 1.40 bits per heavy atom. The smallest absolute Gasteiger partial charge is 0.336 e. The van der Waals surface area contributed by atoms with Gasteiger partial charge in [-0.2, -0.15) is 0 Å². The van der Waals surface area contributed by atoms with Crippen LogP contribution in [-0.4, -0.2) is 45.1 Å². The van der Waals surface area contributed by atoms with Crippen LogP contribution in [0, 0.1) is 0 Å². The summed E-state index contributed by atoms with van der Waals surface area (Å²) in [4.78, 5) is 24.1. The third-order valence-corrected chi connectivity index (χ3v) is 7.46. The highest BCUT2D eigenvalue weighted by atomic mass is 32.2. The summed E-state index contributed by atoms with van der Waals surface area (Å²) in [5.41, 5.74) is 3.71. The fourth-order valence-electron chi connectivity index (χ4n) is 4.21. The molecule has 0 aliphatic heterocycles. The number of unbranched alkanes of at least 4 members (excludes halogenated alkanes) is 5. The minimum Gasteiger partial charge on any atom is -0.469 e. The molecule has 2 aromatic rings. The van der Waals surface area contributed by atoms with Crippen molar-refractivity contribution in [2.24, 2.45) is 0 Å². The molecule has 2 atom stereocenters. The van der Waals surface area contributed by atoms with E-state index in [2.05, 4.69) is 42.5 Å². The first-order valence-corrected chi connectivity index (χ1v) is 13.6. The quantitative estimate of drug-likeness (QED) is 0.187. The number of carbonyl (C=O) groups excluding carboxylic acids is 2. The van der Waals surface area contributed by atoms with Crippen molar-refractivity contribution >= 4 is 23.7 Å². The molecule has 0 fully saturated rings. The zero-order valence-electron chi connectivity index (χ0n) is 21.4. The van der Waals surface area contributed by atoms with Crippen molar-refractivity contribution in [3.05, 3.63) is 71.3 Å². The normalized spacial score (nSPS) is 12.7. The number of benzene rings is 2. The van der Waals surface area contributed by atoms with Crippen LogP contribution >= 0.6 is 11.8 Å². The summed E-state index contributed by atoms with van der Waals surface area (Å²) in [6.07, 6.45) is 8.93. The van der Waals surface area contributed by atoms with E-state index in [1.807, 2.05) is 12.1 Å². The molecule has 2 aromatic carbocycles. The number of aryl methyl sites for hydroxylation is 2. The maximum Gasteiger partial charge on any atom is 0.336 e. The summed E-state index contributed by atoms with van der Waals surface area (Å²) >= 11 is 1.53. The van der Waals surface area contributed by atoms with E-state index < -0.39 is 12.1 Å². The van der Waals surface area contributed by atoms with Crippen LogP contribution in [0.5, 0.6) is 0 Å². The first-order chi connectivity index (χ1) is 17.1. The van der Waals surface area contributed by atoms with Gasteiger partial charge in [0.25, 0.3) is 0 Å². The molecular weight excluding hydrogens is 460 g/mol. The summed E-state index contributed by atoms with van der Waals surface area (Å²) in [5, 5.41) is -0.258. The molecule has 0 aliphatic rings. The Bertz CT molecular complexity index is 870. The van der Waals surface area contributed by atoms with Gasteiger partial charge >= 0.3 is 11.9 Å². The van der Waals surface area contributed by atoms with Crippen LogP contribution in [0.15, 0.2) is 54.6 Å². The summed E-state index contributed by atoms with van der Waals surface area (Å²) < 4.78 is 15.3.